The molecule has 4 aromatic rings. The maximum atomic E-state index is 4.52. The molecular weight excluding hydrogens is 260 g/mol. The maximum absolute atomic E-state index is 4.52. The van der Waals surface area contributed by atoms with Gasteiger partial charge in [0.1, 0.15) is 17.7 Å². The molecule has 0 radical (unpaired) electrons. The van der Waals surface area contributed by atoms with Crippen LogP contribution in [0.15, 0.2) is 43.1 Å². The van der Waals surface area contributed by atoms with E-state index in [9.17, 15) is 0 Å². The first-order chi connectivity index (χ1) is 9.40. The molecule has 4 rings (SSSR count). The monoisotopic (exact) mass is 268 g/mol. The highest BCUT2D eigenvalue weighted by molar-refractivity contribution is 7.17. The van der Waals surface area contributed by atoms with Crippen molar-refractivity contribution in [3.05, 3.63) is 43.1 Å². The quantitative estimate of drug-likeness (QED) is 0.605. The Morgan fingerprint density at radius 3 is 3.00 bits per heavy atom. The molecule has 0 amide bonds. The molecule has 0 unspecified atom stereocenters. The van der Waals surface area contributed by atoms with Crippen LogP contribution in [-0.4, -0.2) is 29.7 Å². The van der Waals surface area contributed by atoms with Gasteiger partial charge < -0.3 is 4.98 Å². The lowest BCUT2D eigenvalue weighted by Crippen LogP contribution is -1.88. The lowest BCUT2D eigenvalue weighted by atomic mass is 10.3. The third-order valence-electron chi connectivity index (χ3n) is 2.73. The normalized spacial score (nSPS) is 11.2. The Labute approximate surface area is 111 Å². The summed E-state index contributed by atoms with van der Waals surface area (Å²) in [6.07, 6.45) is 4.92. The first-order valence-electron chi connectivity index (χ1n) is 5.66. The number of aromatic nitrogens is 6. The Kier molecular flexibility index (Phi) is 2.18. The number of para-hydroxylation sites is 2. The molecule has 3 heterocycles. The van der Waals surface area contributed by atoms with Crippen LogP contribution < -0.4 is 0 Å². The number of nitrogens with zero attached hydrogens (tertiary/aromatic N) is 5. The van der Waals surface area contributed by atoms with Crippen molar-refractivity contribution < 1.29 is 0 Å². The number of rotatable bonds is 2. The standard InChI is InChI=1S/C12H8N6S/c1-2-4-9-8(3-1)16-11(17-9)12-14-5-10(19-12)18-7-13-6-15-18/h1-7H,(H,16,17). The average Bonchev–Trinajstić information content (AvgIpc) is 3.17. The van der Waals surface area contributed by atoms with E-state index < -0.39 is 0 Å². The second-order valence-electron chi connectivity index (χ2n) is 3.95. The number of thiazole rings is 1. The Morgan fingerprint density at radius 1 is 1.21 bits per heavy atom. The van der Waals surface area contributed by atoms with Crippen LogP contribution in [0.3, 0.4) is 0 Å². The van der Waals surface area contributed by atoms with Crippen LogP contribution >= 0.6 is 11.3 Å². The number of hydrogen-bond donors (Lipinski definition) is 1. The van der Waals surface area contributed by atoms with Crippen molar-refractivity contribution in [2.75, 3.05) is 0 Å². The van der Waals surface area contributed by atoms with E-state index in [4.69, 9.17) is 0 Å². The van der Waals surface area contributed by atoms with Gasteiger partial charge in [0, 0.05) is 0 Å². The Morgan fingerprint density at radius 2 is 2.16 bits per heavy atom. The minimum absolute atomic E-state index is 0.776. The molecule has 6 nitrogen and oxygen atoms in total. The second-order valence-corrected chi connectivity index (χ2v) is 4.96. The van der Waals surface area contributed by atoms with Crippen molar-refractivity contribution in [2.24, 2.45) is 0 Å². The molecule has 0 spiro atoms. The summed E-state index contributed by atoms with van der Waals surface area (Å²) in [5.74, 6) is 0.776. The Bertz CT molecular complexity index is 796. The molecule has 0 aliphatic carbocycles. The zero-order valence-corrected chi connectivity index (χ0v) is 10.5. The second kappa shape index (κ2) is 3.99. The molecular formula is C12H8N6S. The van der Waals surface area contributed by atoms with E-state index >= 15 is 0 Å². The van der Waals surface area contributed by atoms with E-state index in [1.165, 1.54) is 17.7 Å². The third kappa shape index (κ3) is 1.71. The maximum Gasteiger partial charge on any atom is 0.167 e. The van der Waals surface area contributed by atoms with Gasteiger partial charge in [-0.2, -0.15) is 5.10 Å². The highest BCUT2D eigenvalue weighted by Crippen LogP contribution is 2.26. The van der Waals surface area contributed by atoms with Gasteiger partial charge in [0.2, 0.25) is 0 Å². The van der Waals surface area contributed by atoms with Crippen molar-refractivity contribution in [2.45, 2.75) is 0 Å². The average molecular weight is 268 g/mol. The minimum Gasteiger partial charge on any atom is -0.336 e. The van der Waals surface area contributed by atoms with Crippen molar-refractivity contribution >= 4 is 22.4 Å². The predicted octanol–water partition coefficient (Wildman–Crippen LogP) is 2.27. The van der Waals surface area contributed by atoms with Gasteiger partial charge in [-0.3, -0.25) is 0 Å². The van der Waals surface area contributed by atoms with E-state index in [1.807, 2.05) is 24.3 Å². The molecule has 1 N–H and O–H groups in total. The Balaban J connectivity index is 1.80. The molecule has 7 heteroatoms. The molecule has 92 valence electrons. The summed E-state index contributed by atoms with van der Waals surface area (Å²) < 4.78 is 1.68. The number of hydrogen-bond acceptors (Lipinski definition) is 5. The molecule has 0 atom stereocenters. The number of aromatic amines is 1. The van der Waals surface area contributed by atoms with Crippen LogP contribution in [0, 0.1) is 0 Å². The lowest BCUT2D eigenvalue weighted by Gasteiger charge is -1.90. The minimum atomic E-state index is 0.776. The van der Waals surface area contributed by atoms with E-state index in [0.29, 0.717) is 0 Å². The SMILES string of the molecule is c1ccc2[nH]c(-c3ncc(-n4cncn4)s3)nc2c1. The number of nitrogens with one attached hydrogen (secondary N) is 1. The highest BCUT2D eigenvalue weighted by Gasteiger charge is 2.10. The fraction of sp³-hybridized carbons (Fsp3) is 0. The largest absolute Gasteiger partial charge is 0.336 e. The zero-order chi connectivity index (χ0) is 12.7. The molecule has 0 saturated heterocycles. The van der Waals surface area contributed by atoms with Crippen LogP contribution in [0.25, 0.3) is 26.9 Å². The van der Waals surface area contributed by atoms with Gasteiger partial charge in [-0.25, -0.2) is 19.6 Å². The third-order valence-corrected chi connectivity index (χ3v) is 3.72. The van der Waals surface area contributed by atoms with Gasteiger partial charge in [-0.15, -0.1) is 0 Å². The van der Waals surface area contributed by atoms with Crippen LogP contribution in [0.2, 0.25) is 0 Å². The van der Waals surface area contributed by atoms with Gasteiger partial charge in [0.25, 0.3) is 0 Å². The van der Waals surface area contributed by atoms with Gasteiger partial charge in [-0.1, -0.05) is 23.5 Å². The van der Waals surface area contributed by atoms with Gasteiger partial charge in [0.05, 0.1) is 17.2 Å². The molecule has 0 bridgehead atoms. The zero-order valence-electron chi connectivity index (χ0n) is 9.69. The van der Waals surface area contributed by atoms with Crippen molar-refractivity contribution in [1.82, 2.24) is 29.7 Å². The Hall–Kier alpha value is -2.54. The number of imidazole rings is 1. The van der Waals surface area contributed by atoms with E-state index in [-0.39, 0.29) is 0 Å². The summed E-state index contributed by atoms with van der Waals surface area (Å²) in [5.41, 5.74) is 1.95. The summed E-state index contributed by atoms with van der Waals surface area (Å²) in [6.45, 7) is 0. The van der Waals surface area contributed by atoms with E-state index in [0.717, 1.165) is 26.9 Å². The summed E-state index contributed by atoms with van der Waals surface area (Å²) in [4.78, 5) is 16.1. The summed E-state index contributed by atoms with van der Waals surface area (Å²) >= 11 is 1.51. The molecule has 0 fully saturated rings. The lowest BCUT2D eigenvalue weighted by molar-refractivity contribution is 0.893. The predicted molar refractivity (Wildman–Crippen MR) is 72.1 cm³/mol. The van der Waals surface area contributed by atoms with Crippen molar-refractivity contribution in [3.8, 4) is 15.8 Å². The van der Waals surface area contributed by atoms with Crippen molar-refractivity contribution in [1.29, 1.82) is 0 Å². The number of H-pyrrole nitrogens is 1. The van der Waals surface area contributed by atoms with Crippen molar-refractivity contribution in [3.63, 3.8) is 0 Å². The summed E-state index contributed by atoms with van der Waals surface area (Å²) in [5, 5.41) is 5.83. The summed E-state index contributed by atoms with van der Waals surface area (Å²) in [7, 11) is 0. The van der Waals surface area contributed by atoms with E-state index in [1.54, 1.807) is 17.2 Å². The van der Waals surface area contributed by atoms with Crippen LogP contribution in [0.5, 0.6) is 0 Å². The molecule has 0 saturated carbocycles. The molecule has 0 aliphatic heterocycles. The topological polar surface area (TPSA) is 72.3 Å². The molecule has 3 aromatic heterocycles. The smallest absolute Gasteiger partial charge is 0.167 e. The first-order valence-corrected chi connectivity index (χ1v) is 6.48. The van der Waals surface area contributed by atoms with Gasteiger partial charge >= 0.3 is 0 Å². The first kappa shape index (κ1) is 10.4. The molecule has 0 aliphatic rings. The fourth-order valence-electron chi connectivity index (χ4n) is 1.86. The van der Waals surface area contributed by atoms with Gasteiger partial charge in [0.15, 0.2) is 10.8 Å². The van der Waals surface area contributed by atoms with Crippen LogP contribution in [0.1, 0.15) is 0 Å². The van der Waals surface area contributed by atoms with Gasteiger partial charge in [-0.05, 0) is 12.1 Å². The summed E-state index contributed by atoms with van der Waals surface area (Å²) in [6, 6.07) is 7.92. The number of benzene rings is 1. The molecule has 1 aromatic carbocycles. The highest BCUT2D eigenvalue weighted by atomic mass is 32.1. The number of fused-ring (bicyclic) bond motifs is 1. The van der Waals surface area contributed by atoms with Crippen LogP contribution in [0.4, 0.5) is 0 Å². The fourth-order valence-corrected chi connectivity index (χ4v) is 2.65. The van der Waals surface area contributed by atoms with E-state index in [2.05, 4.69) is 25.0 Å². The van der Waals surface area contributed by atoms with Crippen LogP contribution in [-0.2, 0) is 0 Å². The molecule has 19 heavy (non-hydrogen) atoms.